The topological polar surface area (TPSA) is 35.0 Å². The van der Waals surface area contributed by atoms with Gasteiger partial charge in [-0.15, -0.1) is 11.3 Å². The second-order valence-corrected chi connectivity index (χ2v) is 7.37. The van der Waals surface area contributed by atoms with Crippen LogP contribution in [0.25, 0.3) is 10.2 Å². The Morgan fingerprint density at radius 2 is 1.88 bits per heavy atom. The number of benzene rings is 1. The van der Waals surface area contributed by atoms with E-state index in [1.54, 1.807) is 29.3 Å². The average Bonchev–Trinajstić information content (AvgIpc) is 3.04. The fourth-order valence-corrected chi connectivity index (χ4v) is 4.42. The minimum atomic E-state index is 0.494. The number of ether oxygens (including phenoxy) is 1. The molecule has 1 aromatic carbocycles. The highest BCUT2D eigenvalue weighted by Crippen LogP contribution is 2.38. The molecule has 4 aromatic rings. The molecule has 0 fully saturated rings. The molecule has 4 rings (SSSR count). The van der Waals surface area contributed by atoms with Crippen LogP contribution in [0.5, 0.6) is 11.5 Å². The second-order valence-electron chi connectivity index (χ2n) is 4.95. The van der Waals surface area contributed by atoms with Gasteiger partial charge in [-0.05, 0) is 35.7 Å². The average molecular weight is 371 g/mol. The van der Waals surface area contributed by atoms with Gasteiger partial charge in [0, 0.05) is 16.0 Å². The lowest BCUT2D eigenvalue weighted by Gasteiger charge is -2.07. The SMILES string of the molecule is Clc1cc(Sc2cncc(Oc3ccccc3)c2)c2sccc2n1. The van der Waals surface area contributed by atoms with Gasteiger partial charge in [0.1, 0.15) is 16.7 Å². The molecular weight excluding hydrogens is 360 g/mol. The highest BCUT2D eigenvalue weighted by atomic mass is 35.5. The number of aromatic nitrogens is 2. The van der Waals surface area contributed by atoms with Gasteiger partial charge in [-0.1, -0.05) is 41.6 Å². The van der Waals surface area contributed by atoms with Crippen molar-refractivity contribution in [2.75, 3.05) is 0 Å². The van der Waals surface area contributed by atoms with Crippen LogP contribution in [0.3, 0.4) is 0 Å². The summed E-state index contributed by atoms with van der Waals surface area (Å²) in [5.74, 6) is 1.49. The van der Waals surface area contributed by atoms with E-state index in [0.29, 0.717) is 10.9 Å². The molecule has 24 heavy (non-hydrogen) atoms. The molecule has 3 aromatic heterocycles. The van der Waals surface area contributed by atoms with Crippen molar-refractivity contribution in [3.63, 3.8) is 0 Å². The molecule has 0 unspecified atom stereocenters. The van der Waals surface area contributed by atoms with Crippen molar-refractivity contribution in [3.8, 4) is 11.5 Å². The summed E-state index contributed by atoms with van der Waals surface area (Å²) < 4.78 is 6.97. The fourth-order valence-electron chi connectivity index (χ4n) is 2.23. The summed E-state index contributed by atoms with van der Waals surface area (Å²) >= 11 is 9.38. The lowest BCUT2D eigenvalue weighted by Crippen LogP contribution is -1.86. The molecule has 0 saturated carbocycles. The lowest BCUT2D eigenvalue weighted by molar-refractivity contribution is 0.478. The Kier molecular flexibility index (Phi) is 4.38. The van der Waals surface area contributed by atoms with Crippen LogP contribution in [0.1, 0.15) is 0 Å². The maximum absolute atomic E-state index is 6.13. The van der Waals surface area contributed by atoms with Crippen LogP contribution in [0.2, 0.25) is 5.15 Å². The molecule has 0 spiro atoms. The van der Waals surface area contributed by atoms with Gasteiger partial charge in [-0.2, -0.15) is 0 Å². The minimum absolute atomic E-state index is 0.494. The summed E-state index contributed by atoms with van der Waals surface area (Å²) in [6, 6.07) is 15.5. The van der Waals surface area contributed by atoms with Crippen LogP contribution in [-0.2, 0) is 0 Å². The first-order valence-electron chi connectivity index (χ1n) is 7.17. The van der Waals surface area contributed by atoms with Crippen LogP contribution in [-0.4, -0.2) is 9.97 Å². The molecule has 3 nitrogen and oxygen atoms in total. The summed E-state index contributed by atoms with van der Waals surface area (Å²) in [5.41, 5.74) is 0.916. The number of para-hydroxylation sites is 1. The number of rotatable bonds is 4. The highest BCUT2D eigenvalue weighted by molar-refractivity contribution is 7.99. The molecule has 0 saturated heterocycles. The minimum Gasteiger partial charge on any atom is -0.456 e. The van der Waals surface area contributed by atoms with Crippen molar-refractivity contribution in [1.82, 2.24) is 9.97 Å². The number of halogens is 1. The molecule has 118 valence electrons. The summed E-state index contributed by atoms with van der Waals surface area (Å²) in [6.07, 6.45) is 3.52. The molecule has 0 aliphatic rings. The highest BCUT2D eigenvalue weighted by Gasteiger charge is 2.09. The van der Waals surface area contributed by atoms with Crippen molar-refractivity contribution in [1.29, 1.82) is 0 Å². The Hall–Kier alpha value is -2.08. The van der Waals surface area contributed by atoms with Gasteiger partial charge >= 0.3 is 0 Å². The Bertz CT molecular complexity index is 989. The Morgan fingerprint density at radius 1 is 1.00 bits per heavy atom. The van der Waals surface area contributed by atoms with Crippen molar-refractivity contribution < 1.29 is 4.74 Å². The van der Waals surface area contributed by atoms with Crippen molar-refractivity contribution in [3.05, 3.63) is 71.5 Å². The van der Waals surface area contributed by atoms with E-state index < -0.39 is 0 Å². The van der Waals surface area contributed by atoms with E-state index in [9.17, 15) is 0 Å². The van der Waals surface area contributed by atoms with E-state index in [4.69, 9.17) is 16.3 Å². The summed E-state index contributed by atoms with van der Waals surface area (Å²) in [7, 11) is 0. The first-order chi connectivity index (χ1) is 11.8. The third-order valence-electron chi connectivity index (χ3n) is 3.24. The Balaban J connectivity index is 1.63. The van der Waals surface area contributed by atoms with E-state index in [1.807, 2.05) is 60.1 Å². The van der Waals surface area contributed by atoms with Crippen LogP contribution in [0, 0.1) is 0 Å². The van der Waals surface area contributed by atoms with Crippen LogP contribution in [0.15, 0.2) is 76.1 Å². The van der Waals surface area contributed by atoms with Crippen LogP contribution < -0.4 is 4.74 Å². The number of pyridine rings is 2. The van der Waals surface area contributed by atoms with E-state index in [0.717, 1.165) is 25.8 Å². The number of hydrogen-bond donors (Lipinski definition) is 0. The van der Waals surface area contributed by atoms with Gasteiger partial charge in [-0.3, -0.25) is 4.98 Å². The molecular formula is C18H11ClN2OS2. The van der Waals surface area contributed by atoms with Crippen molar-refractivity contribution in [2.24, 2.45) is 0 Å². The number of thiophene rings is 1. The lowest BCUT2D eigenvalue weighted by atomic mass is 10.3. The zero-order chi connectivity index (χ0) is 16.4. The molecule has 6 heteroatoms. The van der Waals surface area contributed by atoms with Crippen LogP contribution >= 0.6 is 34.7 Å². The molecule has 0 aliphatic heterocycles. The monoisotopic (exact) mass is 370 g/mol. The maximum Gasteiger partial charge on any atom is 0.146 e. The first kappa shape index (κ1) is 15.4. The Morgan fingerprint density at radius 3 is 2.75 bits per heavy atom. The molecule has 0 aliphatic carbocycles. The normalized spacial score (nSPS) is 10.9. The number of nitrogens with zero attached hydrogens (tertiary/aromatic N) is 2. The van der Waals surface area contributed by atoms with Crippen molar-refractivity contribution >= 4 is 44.9 Å². The van der Waals surface area contributed by atoms with E-state index >= 15 is 0 Å². The standard InChI is InChI=1S/C18H11ClN2OS2/c19-17-9-16(18-15(21-17)6-7-23-18)24-14-8-13(10-20-11-14)22-12-4-2-1-3-5-12/h1-11H. The molecule has 0 bridgehead atoms. The van der Waals surface area contributed by atoms with Gasteiger partial charge in [-0.25, -0.2) is 4.98 Å². The third-order valence-corrected chi connectivity index (χ3v) is 5.50. The molecule has 0 N–H and O–H groups in total. The van der Waals surface area contributed by atoms with Crippen LogP contribution in [0.4, 0.5) is 0 Å². The second kappa shape index (κ2) is 6.81. The summed E-state index contributed by atoms with van der Waals surface area (Å²) in [4.78, 5) is 10.7. The fraction of sp³-hybridized carbons (Fsp3) is 0. The summed E-state index contributed by atoms with van der Waals surface area (Å²) in [6.45, 7) is 0. The smallest absolute Gasteiger partial charge is 0.146 e. The van der Waals surface area contributed by atoms with E-state index in [1.165, 1.54) is 0 Å². The van der Waals surface area contributed by atoms with Gasteiger partial charge < -0.3 is 4.74 Å². The molecule has 3 heterocycles. The zero-order valence-electron chi connectivity index (χ0n) is 12.3. The Labute approximate surface area is 152 Å². The zero-order valence-corrected chi connectivity index (χ0v) is 14.7. The molecule has 0 atom stereocenters. The van der Waals surface area contributed by atoms with Gasteiger partial charge in [0.25, 0.3) is 0 Å². The molecule has 0 radical (unpaired) electrons. The van der Waals surface area contributed by atoms with E-state index in [2.05, 4.69) is 9.97 Å². The quantitative estimate of drug-likeness (QED) is 0.395. The third kappa shape index (κ3) is 3.38. The summed E-state index contributed by atoms with van der Waals surface area (Å²) in [5, 5.41) is 2.51. The number of fused-ring (bicyclic) bond motifs is 1. The van der Waals surface area contributed by atoms with Crippen molar-refractivity contribution in [2.45, 2.75) is 9.79 Å². The first-order valence-corrected chi connectivity index (χ1v) is 9.25. The van der Waals surface area contributed by atoms with Gasteiger partial charge in [0.05, 0.1) is 16.4 Å². The van der Waals surface area contributed by atoms with Gasteiger partial charge in [0.15, 0.2) is 0 Å². The predicted molar refractivity (Wildman–Crippen MR) is 99.5 cm³/mol. The maximum atomic E-state index is 6.13. The van der Waals surface area contributed by atoms with E-state index in [-0.39, 0.29) is 0 Å². The predicted octanol–water partition coefficient (Wildman–Crippen LogP) is 6.29. The largest absolute Gasteiger partial charge is 0.456 e. The number of hydrogen-bond acceptors (Lipinski definition) is 5. The van der Waals surface area contributed by atoms with Gasteiger partial charge in [0.2, 0.25) is 0 Å². The molecule has 0 amide bonds.